The van der Waals surface area contributed by atoms with Crippen LogP contribution >= 0.6 is 0 Å². The first kappa shape index (κ1) is 17.2. The summed E-state index contributed by atoms with van der Waals surface area (Å²) in [4.78, 5) is 21.2. The van der Waals surface area contributed by atoms with Crippen molar-refractivity contribution in [1.82, 2.24) is 14.7 Å². The summed E-state index contributed by atoms with van der Waals surface area (Å²) in [7, 11) is 6.05. The molecular weight excluding hydrogens is 304 g/mol. The molecule has 0 radical (unpaired) electrons. The van der Waals surface area contributed by atoms with Crippen LogP contribution in [0.5, 0.6) is 0 Å². The fraction of sp³-hybridized carbons (Fsp3) is 0.611. The average molecular weight is 332 g/mol. The van der Waals surface area contributed by atoms with Crippen molar-refractivity contribution in [3.8, 4) is 0 Å². The fourth-order valence-electron chi connectivity index (χ4n) is 3.55. The van der Waals surface area contributed by atoms with Gasteiger partial charge in [0.15, 0.2) is 0 Å². The normalized spacial score (nSPS) is 25.9. The van der Waals surface area contributed by atoms with Gasteiger partial charge in [-0.05, 0) is 25.2 Å². The Kier molecular flexibility index (Phi) is 5.08. The number of aliphatic hydroxyl groups excluding tert-OH is 1. The predicted octanol–water partition coefficient (Wildman–Crippen LogP) is 0.185. The highest BCUT2D eigenvalue weighted by Crippen LogP contribution is 2.21. The number of hydrogen-bond donors (Lipinski definition) is 1. The van der Waals surface area contributed by atoms with E-state index in [-0.39, 0.29) is 11.9 Å². The number of β-amino-alcohol motifs (C(OH)–C–C–N with tert-alkyl or cyclic N) is 1. The van der Waals surface area contributed by atoms with Crippen molar-refractivity contribution < 1.29 is 9.90 Å². The number of likely N-dealkylation sites (N-methyl/N-ethyl adjacent to an activating group) is 1. The number of rotatable bonds is 3. The minimum atomic E-state index is -0.464. The molecule has 2 aliphatic rings. The molecule has 1 aromatic rings. The minimum Gasteiger partial charge on any atom is -0.390 e. The second-order valence-corrected chi connectivity index (χ2v) is 7.13. The first-order valence-electron chi connectivity index (χ1n) is 8.63. The molecule has 1 aromatic carbocycles. The molecule has 0 bridgehead atoms. The third-order valence-electron chi connectivity index (χ3n) is 5.16. The number of aliphatic hydroxyl groups is 1. The smallest absolute Gasteiger partial charge is 0.254 e. The van der Waals surface area contributed by atoms with E-state index < -0.39 is 6.10 Å². The number of carbonyl (C=O) groups excluding carboxylic acids is 1. The second kappa shape index (κ2) is 7.09. The number of benzene rings is 1. The molecule has 6 nitrogen and oxygen atoms in total. The molecule has 2 heterocycles. The van der Waals surface area contributed by atoms with Crippen molar-refractivity contribution in [3.05, 3.63) is 29.8 Å². The number of anilines is 1. The summed E-state index contributed by atoms with van der Waals surface area (Å²) in [6, 6.07) is 7.72. The molecule has 24 heavy (non-hydrogen) atoms. The van der Waals surface area contributed by atoms with E-state index in [2.05, 4.69) is 16.8 Å². The molecule has 0 aliphatic carbocycles. The van der Waals surface area contributed by atoms with Crippen LogP contribution in [0.4, 0.5) is 5.69 Å². The van der Waals surface area contributed by atoms with Crippen LogP contribution in [0.25, 0.3) is 0 Å². The van der Waals surface area contributed by atoms with E-state index in [1.165, 1.54) is 0 Å². The molecule has 6 heteroatoms. The zero-order valence-corrected chi connectivity index (χ0v) is 14.9. The zero-order valence-electron chi connectivity index (χ0n) is 14.9. The van der Waals surface area contributed by atoms with Crippen LogP contribution in [-0.2, 0) is 0 Å². The van der Waals surface area contributed by atoms with E-state index in [1.54, 1.807) is 4.90 Å². The Bertz CT molecular complexity index is 584. The standard InChI is InChI=1S/C18H28N4O2/c1-19(2)15-6-4-5-14(11-15)18(24)22-12-16(17(23)13-22)21-9-7-20(3)8-10-21/h4-6,11,16-17,23H,7-10,12-13H2,1-3H3/t16-,17-/m0/s1. The van der Waals surface area contributed by atoms with Crippen molar-refractivity contribution in [2.45, 2.75) is 12.1 Å². The zero-order chi connectivity index (χ0) is 17.3. The van der Waals surface area contributed by atoms with Gasteiger partial charge in [-0.2, -0.15) is 0 Å². The molecule has 2 fully saturated rings. The highest BCUT2D eigenvalue weighted by atomic mass is 16.3. The summed E-state index contributed by atoms with van der Waals surface area (Å²) < 4.78 is 0. The third-order valence-corrected chi connectivity index (χ3v) is 5.16. The number of piperazine rings is 1. The Morgan fingerprint density at radius 2 is 1.88 bits per heavy atom. The molecule has 132 valence electrons. The number of nitrogens with zero attached hydrogens (tertiary/aromatic N) is 4. The maximum Gasteiger partial charge on any atom is 0.254 e. The lowest BCUT2D eigenvalue weighted by Gasteiger charge is -2.37. The molecule has 1 amide bonds. The second-order valence-electron chi connectivity index (χ2n) is 7.13. The lowest BCUT2D eigenvalue weighted by Crippen LogP contribution is -2.52. The number of amides is 1. The van der Waals surface area contributed by atoms with Gasteiger partial charge in [-0.15, -0.1) is 0 Å². The fourth-order valence-corrected chi connectivity index (χ4v) is 3.55. The van der Waals surface area contributed by atoms with Crippen molar-refractivity contribution in [3.63, 3.8) is 0 Å². The quantitative estimate of drug-likeness (QED) is 0.856. The summed E-state index contributed by atoms with van der Waals surface area (Å²) in [5.41, 5.74) is 1.70. The number of likely N-dealkylation sites (tertiary alicyclic amines) is 1. The lowest BCUT2D eigenvalue weighted by atomic mass is 10.1. The monoisotopic (exact) mass is 332 g/mol. The van der Waals surface area contributed by atoms with Gasteiger partial charge in [0.05, 0.1) is 12.1 Å². The Hall–Kier alpha value is -1.63. The molecule has 0 unspecified atom stereocenters. The van der Waals surface area contributed by atoms with Crippen LogP contribution in [0.1, 0.15) is 10.4 Å². The van der Waals surface area contributed by atoms with Crippen LogP contribution < -0.4 is 4.90 Å². The van der Waals surface area contributed by atoms with Crippen LogP contribution in [0.2, 0.25) is 0 Å². The first-order valence-corrected chi connectivity index (χ1v) is 8.63. The number of hydrogen-bond acceptors (Lipinski definition) is 5. The van der Waals surface area contributed by atoms with Gasteiger partial charge < -0.3 is 19.8 Å². The maximum absolute atomic E-state index is 12.8. The molecule has 0 saturated carbocycles. The molecule has 2 atom stereocenters. The Morgan fingerprint density at radius 1 is 1.17 bits per heavy atom. The molecule has 2 saturated heterocycles. The summed E-state index contributed by atoms with van der Waals surface area (Å²) >= 11 is 0. The molecule has 3 rings (SSSR count). The van der Waals surface area contributed by atoms with Crippen molar-refractivity contribution >= 4 is 11.6 Å². The van der Waals surface area contributed by atoms with E-state index in [9.17, 15) is 9.90 Å². The largest absolute Gasteiger partial charge is 0.390 e. The van der Waals surface area contributed by atoms with Gasteiger partial charge in [0, 0.05) is 64.6 Å². The Morgan fingerprint density at radius 3 is 2.54 bits per heavy atom. The van der Waals surface area contributed by atoms with Crippen molar-refractivity contribution in [2.75, 3.05) is 65.3 Å². The molecular formula is C18H28N4O2. The highest BCUT2D eigenvalue weighted by molar-refractivity contribution is 5.95. The predicted molar refractivity (Wildman–Crippen MR) is 95.5 cm³/mol. The molecule has 0 aromatic heterocycles. The topological polar surface area (TPSA) is 50.3 Å². The van der Waals surface area contributed by atoms with Gasteiger partial charge in [-0.3, -0.25) is 9.69 Å². The first-order chi connectivity index (χ1) is 11.5. The summed E-state index contributed by atoms with van der Waals surface area (Å²) in [5.74, 6) is 0.00868. The minimum absolute atomic E-state index is 0.00868. The van der Waals surface area contributed by atoms with Gasteiger partial charge in [0.1, 0.15) is 0 Å². The molecule has 0 spiro atoms. The van der Waals surface area contributed by atoms with Gasteiger partial charge in [-0.1, -0.05) is 6.07 Å². The SMILES string of the molecule is CN1CCN([C@H]2CN(C(=O)c3cccc(N(C)C)c3)C[C@@H]2O)CC1. The van der Waals surface area contributed by atoms with Gasteiger partial charge >= 0.3 is 0 Å². The third kappa shape index (κ3) is 3.55. The van der Waals surface area contributed by atoms with E-state index in [4.69, 9.17) is 0 Å². The van der Waals surface area contributed by atoms with Gasteiger partial charge in [0.25, 0.3) is 5.91 Å². The van der Waals surface area contributed by atoms with Crippen LogP contribution in [0.3, 0.4) is 0 Å². The molecule has 1 N–H and O–H groups in total. The number of carbonyl (C=O) groups is 1. The summed E-state index contributed by atoms with van der Waals surface area (Å²) in [5, 5.41) is 10.5. The van der Waals surface area contributed by atoms with Crippen molar-refractivity contribution in [2.24, 2.45) is 0 Å². The average Bonchev–Trinajstić information content (AvgIpc) is 2.97. The van der Waals surface area contributed by atoms with E-state index in [0.29, 0.717) is 18.7 Å². The van der Waals surface area contributed by atoms with Crippen LogP contribution in [0, 0.1) is 0 Å². The Labute approximate surface area is 144 Å². The highest BCUT2D eigenvalue weighted by Gasteiger charge is 2.38. The van der Waals surface area contributed by atoms with Gasteiger partial charge in [-0.25, -0.2) is 0 Å². The van der Waals surface area contributed by atoms with Gasteiger partial charge in [0.2, 0.25) is 0 Å². The van der Waals surface area contributed by atoms with Crippen molar-refractivity contribution in [1.29, 1.82) is 0 Å². The maximum atomic E-state index is 12.8. The summed E-state index contributed by atoms with van der Waals surface area (Å²) in [6.07, 6.45) is -0.464. The van der Waals surface area contributed by atoms with Crippen LogP contribution in [0.15, 0.2) is 24.3 Å². The van der Waals surface area contributed by atoms with E-state index in [0.717, 1.165) is 31.9 Å². The lowest BCUT2D eigenvalue weighted by molar-refractivity contribution is 0.0512. The summed E-state index contributed by atoms with van der Waals surface area (Å²) in [6.45, 7) is 4.97. The van der Waals surface area contributed by atoms with E-state index >= 15 is 0 Å². The van der Waals surface area contributed by atoms with Crippen LogP contribution in [-0.4, -0.2) is 98.3 Å². The molecule has 2 aliphatic heterocycles. The van der Waals surface area contributed by atoms with E-state index in [1.807, 2.05) is 43.3 Å². The Balaban J connectivity index is 1.67.